The number of nitrogens with zero attached hydrogens (tertiary/aromatic N) is 6. The summed E-state index contributed by atoms with van der Waals surface area (Å²) in [6.45, 7) is 10.5. The fourth-order valence-electron chi connectivity index (χ4n) is 5.16. The molecule has 1 aliphatic rings. The summed E-state index contributed by atoms with van der Waals surface area (Å²) in [5.41, 5.74) is 2.39. The molecule has 0 spiro atoms. The van der Waals surface area contributed by atoms with E-state index >= 15 is 0 Å². The summed E-state index contributed by atoms with van der Waals surface area (Å²) < 4.78 is 39.3. The van der Waals surface area contributed by atoms with E-state index in [1.807, 2.05) is 18.2 Å². The van der Waals surface area contributed by atoms with E-state index in [2.05, 4.69) is 84.4 Å². The molecule has 0 saturated carbocycles. The number of hydrogen-bond donors (Lipinski definition) is 3. The van der Waals surface area contributed by atoms with Gasteiger partial charge in [0.15, 0.2) is 0 Å². The average Bonchev–Trinajstić information content (AvgIpc) is 2.97. The highest BCUT2D eigenvalue weighted by atomic mass is 79.9. The molecule has 0 amide bonds. The van der Waals surface area contributed by atoms with Gasteiger partial charge in [-0.1, -0.05) is 47.8 Å². The molecule has 3 N–H and O–H groups in total. The molecule has 0 aromatic carbocycles. The molecule has 0 aliphatic carbocycles. The quantitative estimate of drug-likeness (QED) is 0.266. The molecule has 0 radical (unpaired) electrons. The predicted octanol–water partition coefficient (Wildman–Crippen LogP) is 3.94. The summed E-state index contributed by atoms with van der Waals surface area (Å²) >= 11 is 10.4. The normalized spacial score (nSPS) is 21.4. The number of halogens is 3. The topological polar surface area (TPSA) is 160 Å². The lowest BCUT2D eigenvalue weighted by Gasteiger charge is -2.32. The van der Waals surface area contributed by atoms with Crippen molar-refractivity contribution < 1.29 is 28.4 Å². The van der Waals surface area contributed by atoms with Crippen molar-refractivity contribution in [3.8, 4) is 0 Å². The number of rotatable bonds is 9. The summed E-state index contributed by atoms with van der Waals surface area (Å²) in [5.74, 6) is 0. The molecule has 1 saturated heterocycles. The van der Waals surface area contributed by atoms with E-state index in [-0.39, 0.29) is 22.3 Å². The Labute approximate surface area is 294 Å². The van der Waals surface area contributed by atoms with Gasteiger partial charge in [0.05, 0.1) is 17.1 Å². The Morgan fingerprint density at radius 2 is 0.978 bits per heavy atom. The Bertz CT molecular complexity index is 1720. The second-order valence-corrected chi connectivity index (χ2v) is 21.3. The second-order valence-electron chi connectivity index (χ2n) is 11.9. The molecule has 252 valence electrons. The van der Waals surface area contributed by atoms with E-state index in [0.717, 1.165) is 0 Å². The monoisotopic (exact) mass is 884 g/mol. The van der Waals surface area contributed by atoms with Crippen LogP contribution in [0.1, 0.15) is 24.0 Å². The van der Waals surface area contributed by atoms with Gasteiger partial charge < -0.3 is 14.7 Å². The van der Waals surface area contributed by atoms with Gasteiger partial charge in [-0.15, -0.1) is 0 Å². The molecule has 3 aromatic rings. The van der Waals surface area contributed by atoms with Gasteiger partial charge in [0.25, 0.3) is 0 Å². The Morgan fingerprint density at radius 3 is 1.39 bits per heavy atom. The molecule has 4 heterocycles. The summed E-state index contributed by atoms with van der Waals surface area (Å²) in [4.78, 5) is 50.9. The van der Waals surface area contributed by atoms with Crippen LogP contribution in [0.15, 0.2) is 49.8 Å². The van der Waals surface area contributed by atoms with Gasteiger partial charge in [0.2, 0.25) is 22.1 Å². The second kappa shape index (κ2) is 15.5. The van der Waals surface area contributed by atoms with E-state index < -0.39 is 22.1 Å². The minimum atomic E-state index is -3.57. The molecule has 46 heavy (non-hydrogen) atoms. The van der Waals surface area contributed by atoms with Crippen LogP contribution in [0.2, 0.25) is 0 Å². The number of pyridine rings is 3. The van der Waals surface area contributed by atoms with Crippen molar-refractivity contribution in [2.45, 2.75) is 32.6 Å². The first-order valence-corrected chi connectivity index (χ1v) is 23.1. The van der Waals surface area contributed by atoms with Gasteiger partial charge >= 0.3 is 0 Å². The summed E-state index contributed by atoms with van der Waals surface area (Å²) in [7, 11) is -10.7. The minimum Gasteiger partial charge on any atom is -0.340 e. The van der Waals surface area contributed by atoms with Gasteiger partial charge in [0, 0.05) is 91.8 Å². The lowest BCUT2D eigenvalue weighted by atomic mass is 10.2. The molecule has 3 unspecified atom stereocenters. The third-order valence-corrected chi connectivity index (χ3v) is 12.1. The molecular formula is C28H38Br3N6O6P3. The van der Waals surface area contributed by atoms with Gasteiger partial charge in [-0.25, -0.2) is 15.0 Å². The van der Waals surface area contributed by atoms with E-state index in [9.17, 15) is 28.4 Å². The van der Waals surface area contributed by atoms with Crippen LogP contribution in [0.25, 0.3) is 0 Å². The van der Waals surface area contributed by atoms with Crippen LogP contribution in [0.5, 0.6) is 0 Å². The van der Waals surface area contributed by atoms with Crippen LogP contribution >= 0.6 is 69.9 Å². The van der Waals surface area contributed by atoms with Crippen molar-refractivity contribution in [1.82, 2.24) is 29.7 Å². The van der Waals surface area contributed by atoms with Crippen LogP contribution in [0.3, 0.4) is 0 Å². The summed E-state index contributed by atoms with van der Waals surface area (Å²) in [5, 5.41) is 0. The van der Waals surface area contributed by atoms with Crippen LogP contribution in [-0.4, -0.2) is 103 Å². The molecule has 12 nitrogen and oxygen atoms in total. The van der Waals surface area contributed by atoms with E-state index in [0.29, 0.717) is 82.9 Å². The maximum absolute atomic E-state index is 12.4. The lowest BCUT2D eigenvalue weighted by Crippen LogP contribution is -2.43. The molecule has 0 bridgehead atoms. The van der Waals surface area contributed by atoms with Crippen LogP contribution in [-0.2, 0) is 33.3 Å². The Morgan fingerprint density at radius 1 is 0.630 bits per heavy atom. The Balaban J connectivity index is 1.65. The van der Waals surface area contributed by atoms with Crippen molar-refractivity contribution >= 4 is 86.2 Å². The van der Waals surface area contributed by atoms with Crippen molar-refractivity contribution in [1.29, 1.82) is 0 Å². The maximum Gasteiger partial charge on any atom is 0.244 e. The first-order chi connectivity index (χ1) is 21.3. The highest BCUT2D eigenvalue weighted by Crippen LogP contribution is 2.35. The Kier molecular flexibility index (Phi) is 12.8. The third kappa shape index (κ3) is 11.2. The van der Waals surface area contributed by atoms with Crippen LogP contribution < -0.4 is 16.3 Å². The minimum absolute atomic E-state index is 0.0319. The number of aromatic nitrogens is 3. The predicted molar refractivity (Wildman–Crippen MR) is 192 cm³/mol. The van der Waals surface area contributed by atoms with E-state index in [1.165, 1.54) is 20.0 Å². The van der Waals surface area contributed by atoms with E-state index in [4.69, 9.17) is 0 Å². The molecule has 3 aromatic heterocycles. The summed E-state index contributed by atoms with van der Waals surface area (Å²) in [6, 6.07) is 10.3. The molecule has 4 atom stereocenters. The molecule has 4 rings (SSSR count). The first kappa shape index (κ1) is 38.1. The van der Waals surface area contributed by atoms with Gasteiger partial charge in [-0.2, -0.15) is 0 Å². The fourth-order valence-corrected chi connectivity index (χ4v) is 9.21. The fraction of sp³-hybridized carbons (Fsp3) is 0.464. The third-order valence-electron chi connectivity index (χ3n) is 7.48. The summed E-state index contributed by atoms with van der Waals surface area (Å²) in [6.07, 6.45) is 0. The van der Waals surface area contributed by atoms with Gasteiger partial charge in [0.1, 0.15) is 16.3 Å². The molecular weight excluding hydrogens is 849 g/mol. The number of hydrogen-bond acceptors (Lipinski definition) is 9. The van der Waals surface area contributed by atoms with Crippen LogP contribution in [0, 0.1) is 0 Å². The zero-order chi connectivity index (χ0) is 34.0. The molecule has 1 aliphatic heterocycles. The highest BCUT2D eigenvalue weighted by Gasteiger charge is 2.26. The standard InChI is InChI=1S/C28H38Br3N6O6P3/c1-19-15-36(17-24-10-21(30)13-27(33-24)45(3,40)41)6-5-35(16-23-9-20(29)12-26(32-23)44(2,38)39)7-8-37(19)18-25-11-22(31)14-28(34-25)46(4,42)43/h9-14,19H,5-8,15-18H2,1-4H3,(H,38,39)(H,40,41)(H,42,43)/t19-/m0/s1. The first-order valence-electron chi connectivity index (χ1n) is 14.4. The largest absolute Gasteiger partial charge is 0.340 e. The average molecular weight is 887 g/mol. The molecule has 18 heteroatoms. The van der Waals surface area contributed by atoms with Crippen LogP contribution in [0.4, 0.5) is 0 Å². The van der Waals surface area contributed by atoms with E-state index in [1.54, 1.807) is 18.2 Å². The highest BCUT2D eigenvalue weighted by molar-refractivity contribution is 9.11. The zero-order valence-corrected chi connectivity index (χ0v) is 33.4. The SMILES string of the molecule is C[C@H]1CN(Cc2cc(Br)cc(P(C)(=O)O)n2)CCN(Cc2cc(Br)cc(P(C)(=O)O)n2)CCN1Cc1cc(Br)cc(P(C)(=O)O)n1. The van der Waals surface area contributed by atoms with Crippen molar-refractivity contribution in [2.75, 3.05) is 52.7 Å². The van der Waals surface area contributed by atoms with Crippen molar-refractivity contribution in [2.24, 2.45) is 0 Å². The van der Waals surface area contributed by atoms with Crippen molar-refractivity contribution in [3.05, 3.63) is 66.9 Å². The smallest absolute Gasteiger partial charge is 0.244 e. The van der Waals surface area contributed by atoms with Crippen molar-refractivity contribution in [3.63, 3.8) is 0 Å². The molecule has 1 fully saturated rings. The Hall–Kier alpha value is -0.660. The van der Waals surface area contributed by atoms with Gasteiger partial charge in [-0.05, 0) is 43.3 Å². The van der Waals surface area contributed by atoms with Gasteiger partial charge in [-0.3, -0.25) is 28.4 Å². The lowest BCUT2D eigenvalue weighted by molar-refractivity contribution is 0.146. The maximum atomic E-state index is 12.4. The zero-order valence-electron chi connectivity index (χ0n) is 25.9.